The summed E-state index contributed by atoms with van der Waals surface area (Å²) in [5, 5.41) is 11.9. The van der Waals surface area contributed by atoms with Crippen LogP contribution in [0.1, 0.15) is 44.7 Å². The molecule has 2 aromatic heterocycles. The van der Waals surface area contributed by atoms with Crippen LogP contribution in [0.4, 0.5) is 10.3 Å². The fourth-order valence-electron chi connectivity index (χ4n) is 4.41. The van der Waals surface area contributed by atoms with E-state index in [2.05, 4.69) is 26.8 Å². The molecule has 9 heteroatoms. The standard InChI is InChI=1S/C29H32FN5O3/c1-4-20-15-31-29(32-16-20)34-11-9-21(10-12-34)18-37-24-7-5-23(6-8-24)28-33-26-14-22(17-35(36)19(2)3)13-25(30)27(26)38-28/h5-8,13-17,19,21H,4,9-12,18H2,1-3H3/b35-17-. The minimum Gasteiger partial charge on any atom is -0.624 e. The van der Waals surface area contributed by atoms with Crippen LogP contribution >= 0.6 is 0 Å². The molecular weight excluding hydrogens is 485 g/mol. The highest BCUT2D eigenvalue weighted by atomic mass is 19.1. The number of fused-ring (bicyclic) bond motifs is 1. The van der Waals surface area contributed by atoms with E-state index in [9.17, 15) is 9.60 Å². The van der Waals surface area contributed by atoms with Gasteiger partial charge in [0.2, 0.25) is 11.8 Å². The number of aryl methyl sites for hydroxylation is 1. The van der Waals surface area contributed by atoms with Gasteiger partial charge in [-0.3, -0.25) is 0 Å². The van der Waals surface area contributed by atoms with Crippen LogP contribution in [-0.4, -0.2) is 51.6 Å². The first kappa shape index (κ1) is 25.6. The van der Waals surface area contributed by atoms with E-state index in [0.717, 1.165) is 54.4 Å². The molecule has 1 fully saturated rings. The van der Waals surface area contributed by atoms with Crippen molar-refractivity contribution < 1.29 is 18.3 Å². The predicted molar refractivity (Wildman–Crippen MR) is 145 cm³/mol. The van der Waals surface area contributed by atoms with Crippen molar-refractivity contribution in [1.29, 1.82) is 0 Å². The summed E-state index contributed by atoms with van der Waals surface area (Å²) in [6.07, 6.45) is 8.15. The number of hydrogen-bond donors (Lipinski definition) is 0. The molecule has 198 valence electrons. The minimum absolute atomic E-state index is 0.0671. The van der Waals surface area contributed by atoms with Gasteiger partial charge in [-0.2, -0.15) is 0 Å². The molecule has 1 aliphatic heterocycles. The lowest BCUT2D eigenvalue weighted by Gasteiger charge is -2.31. The molecule has 1 saturated heterocycles. The highest BCUT2D eigenvalue weighted by Crippen LogP contribution is 2.29. The number of aromatic nitrogens is 3. The van der Waals surface area contributed by atoms with Crippen molar-refractivity contribution in [3.05, 3.63) is 70.9 Å². The largest absolute Gasteiger partial charge is 0.624 e. The summed E-state index contributed by atoms with van der Waals surface area (Å²) >= 11 is 0. The molecule has 0 bridgehead atoms. The number of hydrogen-bond acceptors (Lipinski definition) is 7. The predicted octanol–water partition coefficient (Wildman–Crippen LogP) is 5.62. The lowest BCUT2D eigenvalue weighted by molar-refractivity contribution is -0.487. The molecule has 4 aromatic rings. The number of benzene rings is 2. The second-order valence-corrected chi connectivity index (χ2v) is 9.96. The SMILES string of the molecule is CCc1cnc(N2CCC(COc3ccc(-c4nc5cc(/C=[N+](\[O-])C(C)C)cc(F)c5o4)cc3)CC2)nc1. The van der Waals surface area contributed by atoms with E-state index in [1.165, 1.54) is 12.3 Å². The Bertz CT molecular complexity index is 1410. The van der Waals surface area contributed by atoms with Crippen molar-refractivity contribution in [3.63, 3.8) is 0 Å². The minimum atomic E-state index is -0.555. The molecular formula is C29H32FN5O3. The molecule has 2 aromatic carbocycles. The normalized spacial score (nSPS) is 15.0. The molecule has 8 nitrogen and oxygen atoms in total. The van der Waals surface area contributed by atoms with Crippen LogP contribution < -0.4 is 9.64 Å². The first-order chi connectivity index (χ1) is 18.4. The number of anilines is 1. The summed E-state index contributed by atoms with van der Waals surface area (Å²) in [4.78, 5) is 15.7. The van der Waals surface area contributed by atoms with E-state index in [1.807, 2.05) is 36.7 Å². The molecule has 0 amide bonds. The molecule has 0 atom stereocenters. The number of rotatable bonds is 8. The molecule has 3 heterocycles. The third-order valence-electron chi connectivity index (χ3n) is 6.84. The average molecular weight is 518 g/mol. The van der Waals surface area contributed by atoms with Gasteiger partial charge in [-0.15, -0.1) is 0 Å². The van der Waals surface area contributed by atoms with Gasteiger partial charge in [0.25, 0.3) is 0 Å². The van der Waals surface area contributed by atoms with Gasteiger partial charge >= 0.3 is 0 Å². The van der Waals surface area contributed by atoms with Crippen LogP contribution in [0, 0.1) is 16.9 Å². The Morgan fingerprint density at radius 2 is 1.87 bits per heavy atom. The van der Waals surface area contributed by atoms with Crippen LogP contribution in [0.2, 0.25) is 0 Å². The number of piperidine rings is 1. The number of hydroxylamine groups is 1. The topological polar surface area (TPSA) is 90.3 Å². The van der Waals surface area contributed by atoms with Gasteiger partial charge in [-0.25, -0.2) is 24.1 Å². The Hall–Kier alpha value is -4.01. The molecule has 0 unspecified atom stereocenters. The van der Waals surface area contributed by atoms with Crippen LogP contribution in [0.5, 0.6) is 5.75 Å². The molecule has 0 spiro atoms. The van der Waals surface area contributed by atoms with Crippen molar-refractivity contribution in [1.82, 2.24) is 15.0 Å². The van der Waals surface area contributed by atoms with Gasteiger partial charge in [0.05, 0.1) is 6.61 Å². The van der Waals surface area contributed by atoms with E-state index in [-0.39, 0.29) is 11.6 Å². The maximum atomic E-state index is 14.6. The van der Waals surface area contributed by atoms with Gasteiger partial charge in [0, 0.05) is 36.6 Å². The third kappa shape index (κ3) is 5.77. The van der Waals surface area contributed by atoms with Gasteiger partial charge in [-0.1, -0.05) is 6.92 Å². The molecule has 0 N–H and O–H groups in total. The monoisotopic (exact) mass is 517 g/mol. The van der Waals surface area contributed by atoms with Crippen LogP contribution in [0.25, 0.3) is 22.6 Å². The van der Waals surface area contributed by atoms with Gasteiger partial charge in [0.15, 0.2) is 23.7 Å². The number of ether oxygens (including phenoxy) is 1. The van der Waals surface area contributed by atoms with Crippen LogP contribution in [0.15, 0.2) is 53.2 Å². The van der Waals surface area contributed by atoms with Crippen molar-refractivity contribution >= 4 is 23.3 Å². The summed E-state index contributed by atoms with van der Waals surface area (Å²) < 4.78 is 27.2. The zero-order chi connectivity index (χ0) is 26.6. The summed E-state index contributed by atoms with van der Waals surface area (Å²) in [6.45, 7) is 8.11. The van der Waals surface area contributed by atoms with Gasteiger partial charge < -0.3 is 19.3 Å². The zero-order valence-corrected chi connectivity index (χ0v) is 21.9. The molecule has 38 heavy (non-hydrogen) atoms. The summed E-state index contributed by atoms with van der Waals surface area (Å²) in [5.41, 5.74) is 2.73. The number of oxazole rings is 1. The van der Waals surface area contributed by atoms with Crippen molar-refractivity contribution in [3.8, 4) is 17.2 Å². The first-order valence-corrected chi connectivity index (χ1v) is 13.1. The Labute approximate surface area is 221 Å². The summed E-state index contributed by atoms with van der Waals surface area (Å²) in [6, 6.07) is 10.1. The smallest absolute Gasteiger partial charge is 0.227 e. The second-order valence-electron chi connectivity index (χ2n) is 9.96. The number of halogens is 1. The molecule has 0 aliphatic carbocycles. The van der Waals surface area contributed by atoms with Crippen molar-refractivity contribution in [2.75, 3.05) is 24.6 Å². The lowest BCUT2D eigenvalue weighted by atomic mass is 9.98. The fraction of sp³-hybridized carbons (Fsp3) is 0.379. The quantitative estimate of drug-likeness (QED) is 0.130. The Balaban J connectivity index is 1.18. The lowest BCUT2D eigenvalue weighted by Crippen LogP contribution is -2.36. The van der Waals surface area contributed by atoms with E-state index in [0.29, 0.717) is 35.1 Å². The average Bonchev–Trinajstić information content (AvgIpc) is 3.37. The van der Waals surface area contributed by atoms with Gasteiger partial charge in [-0.05, 0) is 81.0 Å². The number of nitrogens with zero attached hydrogens (tertiary/aromatic N) is 5. The molecule has 1 aliphatic rings. The Morgan fingerprint density at radius 3 is 2.53 bits per heavy atom. The van der Waals surface area contributed by atoms with E-state index >= 15 is 0 Å². The fourth-order valence-corrected chi connectivity index (χ4v) is 4.41. The first-order valence-electron chi connectivity index (χ1n) is 13.1. The maximum Gasteiger partial charge on any atom is 0.227 e. The highest BCUT2D eigenvalue weighted by molar-refractivity contribution is 5.85. The van der Waals surface area contributed by atoms with E-state index < -0.39 is 5.82 Å². The third-order valence-corrected chi connectivity index (χ3v) is 6.84. The summed E-state index contributed by atoms with van der Waals surface area (Å²) in [5.74, 6) is 1.78. The Morgan fingerprint density at radius 1 is 1.16 bits per heavy atom. The zero-order valence-electron chi connectivity index (χ0n) is 21.9. The molecule has 0 saturated carbocycles. The maximum absolute atomic E-state index is 14.6. The van der Waals surface area contributed by atoms with E-state index in [4.69, 9.17) is 9.15 Å². The summed E-state index contributed by atoms with van der Waals surface area (Å²) in [7, 11) is 0. The van der Waals surface area contributed by atoms with E-state index in [1.54, 1.807) is 19.9 Å². The van der Waals surface area contributed by atoms with Crippen LogP contribution in [-0.2, 0) is 6.42 Å². The van der Waals surface area contributed by atoms with Crippen LogP contribution in [0.3, 0.4) is 0 Å². The van der Waals surface area contributed by atoms with Crippen molar-refractivity contribution in [2.24, 2.45) is 5.92 Å². The highest BCUT2D eigenvalue weighted by Gasteiger charge is 2.22. The van der Waals surface area contributed by atoms with Crippen molar-refractivity contribution in [2.45, 2.75) is 46.1 Å². The Kier molecular flexibility index (Phi) is 7.53. The van der Waals surface area contributed by atoms with Gasteiger partial charge in [0.1, 0.15) is 11.3 Å². The molecule has 0 radical (unpaired) electrons. The molecule has 5 rings (SSSR count). The second kappa shape index (κ2) is 11.2.